The summed E-state index contributed by atoms with van der Waals surface area (Å²) in [7, 11) is 0. The Morgan fingerprint density at radius 2 is 1.57 bits per heavy atom. The van der Waals surface area contributed by atoms with Crippen molar-refractivity contribution in [2.45, 2.75) is 71.1 Å². The molecule has 0 heterocycles. The van der Waals surface area contributed by atoms with Gasteiger partial charge < -0.3 is 4.74 Å². The maximum atomic E-state index is 14.9. The van der Waals surface area contributed by atoms with Gasteiger partial charge in [-0.3, -0.25) is 0 Å². The Labute approximate surface area is 176 Å². The van der Waals surface area contributed by atoms with Gasteiger partial charge in [0.2, 0.25) is 5.82 Å². The van der Waals surface area contributed by atoms with E-state index >= 15 is 0 Å². The molecule has 0 amide bonds. The zero-order chi connectivity index (χ0) is 21.7. The minimum atomic E-state index is -1.24. The summed E-state index contributed by atoms with van der Waals surface area (Å²) in [6.07, 6.45) is 8.59. The van der Waals surface area contributed by atoms with Crippen molar-refractivity contribution in [1.82, 2.24) is 0 Å². The Kier molecular flexibility index (Phi) is 7.79. The van der Waals surface area contributed by atoms with E-state index in [1.165, 1.54) is 43.9 Å². The quantitative estimate of drug-likeness (QED) is 0.308. The first-order valence-corrected chi connectivity index (χ1v) is 11.1. The van der Waals surface area contributed by atoms with Crippen LogP contribution in [-0.4, -0.2) is 6.61 Å². The Morgan fingerprint density at radius 3 is 2.23 bits per heavy atom. The van der Waals surface area contributed by atoms with Gasteiger partial charge in [0, 0.05) is 11.1 Å². The Bertz CT molecular complexity index is 857. The Balaban J connectivity index is 1.78. The molecule has 0 unspecified atom stereocenters. The first-order chi connectivity index (χ1) is 14.5. The fourth-order valence-corrected chi connectivity index (χ4v) is 4.53. The molecule has 2 aromatic rings. The van der Waals surface area contributed by atoms with E-state index in [0.29, 0.717) is 11.5 Å². The summed E-state index contributed by atoms with van der Waals surface area (Å²) < 4.78 is 63.3. The molecule has 0 N–H and O–H groups in total. The number of hydrogen-bond donors (Lipinski definition) is 0. The van der Waals surface area contributed by atoms with Crippen LogP contribution in [0.25, 0.3) is 11.1 Å². The maximum Gasteiger partial charge on any atom is 0.201 e. The van der Waals surface area contributed by atoms with E-state index in [4.69, 9.17) is 4.74 Å². The highest BCUT2D eigenvalue weighted by molar-refractivity contribution is 5.66. The molecule has 0 bridgehead atoms. The highest BCUT2D eigenvalue weighted by Gasteiger charge is 2.26. The van der Waals surface area contributed by atoms with Gasteiger partial charge in [-0.05, 0) is 74.3 Å². The van der Waals surface area contributed by atoms with Crippen LogP contribution < -0.4 is 4.74 Å². The van der Waals surface area contributed by atoms with E-state index in [9.17, 15) is 17.6 Å². The number of unbranched alkanes of at least 4 members (excludes halogenated alkanes) is 2. The second-order valence-electron chi connectivity index (χ2n) is 8.24. The molecule has 1 nitrogen and oxygen atoms in total. The number of halogens is 4. The van der Waals surface area contributed by atoms with Crippen molar-refractivity contribution in [2.24, 2.45) is 5.92 Å². The van der Waals surface area contributed by atoms with E-state index in [1.54, 1.807) is 6.92 Å². The van der Waals surface area contributed by atoms with E-state index in [0.717, 1.165) is 31.7 Å². The molecule has 1 saturated carbocycles. The lowest BCUT2D eigenvalue weighted by Gasteiger charge is -2.29. The topological polar surface area (TPSA) is 9.23 Å². The molecule has 1 fully saturated rings. The van der Waals surface area contributed by atoms with Crippen LogP contribution in [0.1, 0.15) is 76.7 Å². The van der Waals surface area contributed by atoms with Crippen molar-refractivity contribution < 1.29 is 22.3 Å². The van der Waals surface area contributed by atoms with Gasteiger partial charge in [0.05, 0.1) is 6.61 Å². The molecule has 0 spiro atoms. The van der Waals surface area contributed by atoms with Crippen LogP contribution in [0, 0.1) is 29.2 Å². The van der Waals surface area contributed by atoms with E-state index in [1.807, 2.05) is 0 Å². The highest BCUT2D eigenvalue weighted by Crippen LogP contribution is 2.40. The van der Waals surface area contributed by atoms with Crippen molar-refractivity contribution in [3.63, 3.8) is 0 Å². The van der Waals surface area contributed by atoms with Crippen LogP contribution in [0.3, 0.4) is 0 Å². The van der Waals surface area contributed by atoms with E-state index < -0.39 is 23.3 Å². The van der Waals surface area contributed by atoms with Crippen LogP contribution in [0.5, 0.6) is 5.75 Å². The molecule has 5 heteroatoms. The van der Waals surface area contributed by atoms with Crippen LogP contribution >= 0.6 is 0 Å². The molecule has 1 aliphatic carbocycles. The van der Waals surface area contributed by atoms with Gasteiger partial charge >= 0.3 is 0 Å². The van der Waals surface area contributed by atoms with E-state index in [-0.39, 0.29) is 29.4 Å². The smallest absolute Gasteiger partial charge is 0.201 e. The molecule has 0 saturated heterocycles. The summed E-state index contributed by atoms with van der Waals surface area (Å²) in [5, 5.41) is 0. The predicted octanol–water partition coefficient (Wildman–Crippen LogP) is 8.16. The monoisotopic (exact) mass is 422 g/mol. The molecule has 30 heavy (non-hydrogen) atoms. The number of rotatable bonds is 8. The summed E-state index contributed by atoms with van der Waals surface area (Å²) in [6, 6.07) is 4.63. The van der Waals surface area contributed by atoms with E-state index in [2.05, 4.69) is 6.92 Å². The van der Waals surface area contributed by atoms with Gasteiger partial charge in [0.15, 0.2) is 11.6 Å². The van der Waals surface area contributed by atoms with Crippen molar-refractivity contribution in [2.75, 3.05) is 6.61 Å². The third-order valence-corrected chi connectivity index (χ3v) is 6.23. The predicted molar refractivity (Wildman–Crippen MR) is 112 cm³/mol. The van der Waals surface area contributed by atoms with Gasteiger partial charge in [0.1, 0.15) is 11.6 Å². The summed E-state index contributed by atoms with van der Waals surface area (Å²) in [5.41, 5.74) is -0.238. The average Bonchev–Trinajstić information content (AvgIpc) is 2.74. The lowest BCUT2D eigenvalue weighted by Crippen LogP contribution is -2.15. The fourth-order valence-electron chi connectivity index (χ4n) is 4.53. The minimum Gasteiger partial charge on any atom is -0.491 e. The van der Waals surface area contributed by atoms with Crippen LogP contribution in [-0.2, 0) is 0 Å². The Morgan fingerprint density at radius 1 is 0.833 bits per heavy atom. The SMILES string of the molecule is CCCCCC1CCC(c2cc(F)c(-c3ccc(OCC)c(F)c3F)cc2F)CC1. The first-order valence-electron chi connectivity index (χ1n) is 11.1. The number of ether oxygens (including phenoxy) is 1. The van der Waals surface area contributed by atoms with Crippen LogP contribution in [0.4, 0.5) is 17.6 Å². The molecular formula is C25H30F4O. The molecule has 0 aromatic heterocycles. The molecular weight excluding hydrogens is 392 g/mol. The van der Waals surface area contributed by atoms with Gasteiger partial charge in [-0.25, -0.2) is 13.2 Å². The second kappa shape index (κ2) is 10.3. The lowest BCUT2D eigenvalue weighted by atomic mass is 9.76. The number of benzene rings is 2. The van der Waals surface area contributed by atoms with Crippen molar-refractivity contribution >= 4 is 0 Å². The second-order valence-corrected chi connectivity index (χ2v) is 8.24. The molecule has 0 atom stereocenters. The third-order valence-electron chi connectivity index (χ3n) is 6.23. The molecule has 0 aliphatic heterocycles. The Hall–Kier alpha value is -2.04. The van der Waals surface area contributed by atoms with Crippen molar-refractivity contribution in [1.29, 1.82) is 0 Å². The zero-order valence-corrected chi connectivity index (χ0v) is 17.7. The van der Waals surface area contributed by atoms with Gasteiger partial charge in [-0.1, -0.05) is 32.6 Å². The fraction of sp³-hybridized carbons (Fsp3) is 0.520. The summed E-state index contributed by atoms with van der Waals surface area (Å²) in [6.45, 7) is 4.01. The van der Waals surface area contributed by atoms with Gasteiger partial charge in [0.25, 0.3) is 0 Å². The van der Waals surface area contributed by atoms with Gasteiger partial charge in [-0.15, -0.1) is 0 Å². The maximum absolute atomic E-state index is 14.9. The largest absolute Gasteiger partial charge is 0.491 e. The third kappa shape index (κ3) is 4.98. The first kappa shape index (κ1) is 22.6. The summed E-state index contributed by atoms with van der Waals surface area (Å²) in [4.78, 5) is 0. The highest BCUT2D eigenvalue weighted by atomic mass is 19.2. The molecule has 164 valence electrons. The van der Waals surface area contributed by atoms with Crippen LogP contribution in [0.2, 0.25) is 0 Å². The summed E-state index contributed by atoms with van der Waals surface area (Å²) >= 11 is 0. The molecule has 3 rings (SSSR count). The van der Waals surface area contributed by atoms with Crippen molar-refractivity contribution in [3.8, 4) is 16.9 Å². The lowest BCUT2D eigenvalue weighted by molar-refractivity contribution is 0.299. The number of hydrogen-bond acceptors (Lipinski definition) is 1. The molecule has 0 radical (unpaired) electrons. The standard InChI is InChI=1S/C25H30F4O/c1-3-5-6-7-16-8-10-17(11-9-16)19-14-22(27)20(15-21(19)26)18-12-13-23(30-4-2)25(29)24(18)28/h12-17H,3-11H2,1-2H3. The normalized spacial score (nSPS) is 19.1. The molecule has 2 aromatic carbocycles. The minimum absolute atomic E-state index is 0.0297. The van der Waals surface area contributed by atoms with Crippen molar-refractivity contribution in [3.05, 3.63) is 53.1 Å². The zero-order valence-electron chi connectivity index (χ0n) is 17.7. The van der Waals surface area contributed by atoms with Crippen LogP contribution in [0.15, 0.2) is 24.3 Å². The summed E-state index contributed by atoms with van der Waals surface area (Å²) in [5.74, 6) is -3.33. The average molecular weight is 423 g/mol. The molecule has 1 aliphatic rings. The van der Waals surface area contributed by atoms with Gasteiger partial charge in [-0.2, -0.15) is 4.39 Å².